The second-order valence-electron chi connectivity index (χ2n) is 6.72. The third kappa shape index (κ3) is 3.31. The van der Waals surface area contributed by atoms with E-state index >= 15 is 0 Å². The van der Waals surface area contributed by atoms with Crippen LogP contribution in [0.2, 0.25) is 0 Å². The summed E-state index contributed by atoms with van der Waals surface area (Å²) in [6, 6.07) is 6.13. The molecule has 4 heteroatoms. The van der Waals surface area contributed by atoms with Crippen LogP contribution in [0.15, 0.2) is 28.2 Å². The van der Waals surface area contributed by atoms with Gasteiger partial charge < -0.3 is 10.1 Å². The van der Waals surface area contributed by atoms with Gasteiger partial charge in [-0.1, -0.05) is 29.8 Å². The molecule has 1 heterocycles. The number of hydrogen-bond donors (Lipinski definition) is 1. The number of rotatable bonds is 2. The van der Waals surface area contributed by atoms with Gasteiger partial charge in [0.25, 0.3) is 5.91 Å². The second-order valence-corrected chi connectivity index (χ2v) is 7.63. The van der Waals surface area contributed by atoms with E-state index in [2.05, 4.69) is 35.1 Å². The molecule has 1 saturated carbocycles. The summed E-state index contributed by atoms with van der Waals surface area (Å²) in [6.07, 6.45) is 5.21. The molecule has 1 aromatic carbocycles. The Morgan fingerprint density at radius 1 is 1.43 bits per heavy atom. The minimum atomic E-state index is 0.00308. The summed E-state index contributed by atoms with van der Waals surface area (Å²) < 4.78 is 6.65. The van der Waals surface area contributed by atoms with Crippen LogP contribution < -0.4 is 10.1 Å². The topological polar surface area (TPSA) is 38.3 Å². The molecule has 0 aromatic heterocycles. The molecule has 112 valence electrons. The van der Waals surface area contributed by atoms with Gasteiger partial charge in [-0.25, -0.2) is 0 Å². The SMILES string of the molecule is CC1(C)CCC(NC(=O)C2=Cc3cc(Br)ccc3OC2)C1. The first kappa shape index (κ1) is 14.6. The van der Waals surface area contributed by atoms with Crippen molar-refractivity contribution >= 4 is 27.9 Å². The first-order valence-corrected chi connectivity index (χ1v) is 8.16. The molecule has 1 aliphatic carbocycles. The van der Waals surface area contributed by atoms with Crippen molar-refractivity contribution in [2.24, 2.45) is 5.41 Å². The van der Waals surface area contributed by atoms with Crippen molar-refractivity contribution in [1.29, 1.82) is 0 Å². The van der Waals surface area contributed by atoms with Crippen molar-refractivity contribution in [1.82, 2.24) is 5.32 Å². The van der Waals surface area contributed by atoms with Gasteiger partial charge in [0.15, 0.2) is 0 Å². The molecule has 0 radical (unpaired) electrons. The highest BCUT2D eigenvalue weighted by Gasteiger charge is 2.32. The average Bonchev–Trinajstić information content (AvgIpc) is 2.77. The largest absolute Gasteiger partial charge is 0.488 e. The molecule has 0 spiro atoms. The van der Waals surface area contributed by atoms with E-state index in [1.54, 1.807) is 0 Å². The lowest BCUT2D eigenvalue weighted by Crippen LogP contribution is -2.36. The Bertz CT molecular complexity index is 607. The highest BCUT2D eigenvalue weighted by Crippen LogP contribution is 2.37. The molecule has 0 saturated heterocycles. The highest BCUT2D eigenvalue weighted by atomic mass is 79.9. The number of carbonyl (C=O) groups is 1. The van der Waals surface area contributed by atoms with Crippen molar-refractivity contribution in [3.8, 4) is 5.75 Å². The van der Waals surface area contributed by atoms with E-state index in [1.807, 2.05) is 24.3 Å². The van der Waals surface area contributed by atoms with Gasteiger partial charge in [0.05, 0.1) is 5.57 Å². The monoisotopic (exact) mass is 349 g/mol. The molecule has 2 aliphatic rings. The van der Waals surface area contributed by atoms with Gasteiger partial charge in [-0.2, -0.15) is 0 Å². The summed E-state index contributed by atoms with van der Waals surface area (Å²) >= 11 is 3.45. The quantitative estimate of drug-likeness (QED) is 0.878. The molecule has 1 amide bonds. The summed E-state index contributed by atoms with van der Waals surface area (Å²) in [5, 5.41) is 3.15. The predicted molar refractivity (Wildman–Crippen MR) is 87.2 cm³/mol. The van der Waals surface area contributed by atoms with E-state index in [0.717, 1.165) is 28.6 Å². The standard InChI is InChI=1S/C17H20BrNO2/c1-17(2)6-5-14(9-17)19-16(20)12-7-11-8-13(18)3-4-15(11)21-10-12/h3-4,7-8,14H,5-6,9-10H2,1-2H3,(H,19,20). The molecular formula is C17H20BrNO2. The van der Waals surface area contributed by atoms with E-state index in [1.165, 1.54) is 6.42 Å². The maximum atomic E-state index is 12.4. The number of ether oxygens (including phenoxy) is 1. The van der Waals surface area contributed by atoms with Crippen LogP contribution in [0.25, 0.3) is 6.08 Å². The minimum Gasteiger partial charge on any atom is -0.488 e. The Morgan fingerprint density at radius 3 is 2.95 bits per heavy atom. The fourth-order valence-corrected chi connectivity index (χ4v) is 3.50. The van der Waals surface area contributed by atoms with Gasteiger partial charge in [0, 0.05) is 16.1 Å². The Morgan fingerprint density at radius 2 is 2.24 bits per heavy atom. The predicted octanol–water partition coefficient (Wildman–Crippen LogP) is 3.92. The summed E-state index contributed by atoms with van der Waals surface area (Å²) in [5.41, 5.74) is 1.99. The lowest BCUT2D eigenvalue weighted by Gasteiger charge is -2.21. The molecular weight excluding hydrogens is 330 g/mol. The number of fused-ring (bicyclic) bond motifs is 1. The maximum absolute atomic E-state index is 12.4. The second kappa shape index (κ2) is 5.48. The first-order valence-electron chi connectivity index (χ1n) is 7.37. The summed E-state index contributed by atoms with van der Waals surface area (Å²) in [4.78, 5) is 12.4. The summed E-state index contributed by atoms with van der Waals surface area (Å²) in [6.45, 7) is 4.86. The zero-order chi connectivity index (χ0) is 15.0. The molecule has 1 aliphatic heterocycles. The number of hydrogen-bond acceptors (Lipinski definition) is 2. The zero-order valence-corrected chi connectivity index (χ0v) is 14.0. The molecule has 3 nitrogen and oxygen atoms in total. The van der Waals surface area contributed by atoms with Gasteiger partial charge in [0.2, 0.25) is 0 Å². The lowest BCUT2D eigenvalue weighted by molar-refractivity contribution is -0.118. The van der Waals surface area contributed by atoms with Crippen LogP contribution in [-0.4, -0.2) is 18.6 Å². The van der Waals surface area contributed by atoms with Gasteiger partial charge in [-0.3, -0.25) is 4.79 Å². The number of amides is 1. The molecule has 3 rings (SSSR count). The minimum absolute atomic E-state index is 0.00308. The third-order valence-corrected chi connectivity index (χ3v) is 4.77. The molecule has 1 fully saturated rings. The van der Waals surface area contributed by atoms with Crippen LogP contribution in [-0.2, 0) is 4.79 Å². The molecule has 1 atom stereocenters. The van der Waals surface area contributed by atoms with E-state index in [9.17, 15) is 4.79 Å². The van der Waals surface area contributed by atoms with E-state index in [4.69, 9.17) is 4.74 Å². The van der Waals surface area contributed by atoms with Crippen LogP contribution in [0, 0.1) is 5.41 Å². The van der Waals surface area contributed by atoms with Crippen molar-refractivity contribution in [2.75, 3.05) is 6.61 Å². The molecule has 1 N–H and O–H groups in total. The van der Waals surface area contributed by atoms with Crippen LogP contribution >= 0.6 is 15.9 Å². The Kier molecular flexibility index (Phi) is 3.82. The number of halogens is 1. The maximum Gasteiger partial charge on any atom is 0.250 e. The Labute approximate surface area is 133 Å². The van der Waals surface area contributed by atoms with Gasteiger partial charge in [0.1, 0.15) is 12.4 Å². The van der Waals surface area contributed by atoms with Gasteiger partial charge in [-0.05, 0) is 49.0 Å². The van der Waals surface area contributed by atoms with Crippen molar-refractivity contribution in [3.63, 3.8) is 0 Å². The first-order chi connectivity index (χ1) is 9.93. The van der Waals surface area contributed by atoms with E-state index in [0.29, 0.717) is 17.6 Å². The van der Waals surface area contributed by atoms with Crippen molar-refractivity contribution in [3.05, 3.63) is 33.8 Å². The normalized spacial score (nSPS) is 23.0. The van der Waals surface area contributed by atoms with Gasteiger partial charge in [-0.15, -0.1) is 0 Å². The summed E-state index contributed by atoms with van der Waals surface area (Å²) in [5.74, 6) is 0.833. The highest BCUT2D eigenvalue weighted by molar-refractivity contribution is 9.10. The van der Waals surface area contributed by atoms with Crippen LogP contribution in [0.1, 0.15) is 38.7 Å². The molecule has 21 heavy (non-hydrogen) atoms. The zero-order valence-electron chi connectivity index (χ0n) is 12.4. The van der Waals surface area contributed by atoms with Crippen LogP contribution in [0.5, 0.6) is 5.75 Å². The van der Waals surface area contributed by atoms with Crippen LogP contribution in [0.3, 0.4) is 0 Å². The molecule has 0 bridgehead atoms. The third-order valence-electron chi connectivity index (χ3n) is 4.28. The number of benzene rings is 1. The Balaban J connectivity index is 1.71. The van der Waals surface area contributed by atoms with Crippen molar-refractivity contribution < 1.29 is 9.53 Å². The molecule has 1 aromatic rings. The van der Waals surface area contributed by atoms with Gasteiger partial charge >= 0.3 is 0 Å². The Hall–Kier alpha value is -1.29. The lowest BCUT2D eigenvalue weighted by atomic mass is 9.92. The van der Waals surface area contributed by atoms with E-state index < -0.39 is 0 Å². The molecule has 1 unspecified atom stereocenters. The fourth-order valence-electron chi connectivity index (χ4n) is 3.12. The smallest absolute Gasteiger partial charge is 0.250 e. The van der Waals surface area contributed by atoms with E-state index in [-0.39, 0.29) is 11.9 Å². The fraction of sp³-hybridized carbons (Fsp3) is 0.471. The summed E-state index contributed by atoms with van der Waals surface area (Å²) in [7, 11) is 0. The van der Waals surface area contributed by atoms with Crippen molar-refractivity contribution in [2.45, 2.75) is 39.2 Å². The average molecular weight is 350 g/mol. The number of carbonyl (C=O) groups excluding carboxylic acids is 1. The number of nitrogens with one attached hydrogen (secondary N) is 1. The van der Waals surface area contributed by atoms with Crippen LogP contribution in [0.4, 0.5) is 0 Å².